The van der Waals surface area contributed by atoms with E-state index in [-0.39, 0.29) is 29.5 Å². The third-order valence-electron chi connectivity index (χ3n) is 7.97. The number of nitrogens with zero attached hydrogens (tertiary/aromatic N) is 3. The molecule has 1 aliphatic heterocycles. The number of phenols is 1. The van der Waals surface area contributed by atoms with Crippen molar-refractivity contribution >= 4 is 33.0 Å². The molecule has 1 aromatic heterocycles. The van der Waals surface area contributed by atoms with Gasteiger partial charge in [-0.3, -0.25) is 9.35 Å². The van der Waals surface area contributed by atoms with E-state index < -0.39 is 34.3 Å². The Morgan fingerprint density at radius 1 is 1.05 bits per heavy atom. The molecule has 0 spiro atoms. The summed E-state index contributed by atoms with van der Waals surface area (Å²) < 4.78 is 41.4. The highest BCUT2D eigenvalue weighted by atomic mass is 32.2. The van der Waals surface area contributed by atoms with E-state index in [1.165, 1.54) is 29.2 Å². The van der Waals surface area contributed by atoms with Gasteiger partial charge in [0.15, 0.2) is 0 Å². The van der Waals surface area contributed by atoms with Crippen LogP contribution in [0.4, 0.5) is 0 Å². The second-order valence-electron chi connectivity index (χ2n) is 11.0. The largest absolute Gasteiger partial charge is 0.508 e. The van der Waals surface area contributed by atoms with E-state index >= 15 is 0 Å². The van der Waals surface area contributed by atoms with Crippen LogP contribution >= 0.6 is 0 Å². The Labute approximate surface area is 255 Å². The number of unbranched alkanes of at least 4 members (excludes halogenated alkanes) is 3. The number of aromatic hydroxyl groups is 1. The maximum atomic E-state index is 14.2. The molecule has 0 aliphatic carbocycles. The van der Waals surface area contributed by atoms with Gasteiger partial charge in [-0.05, 0) is 54.4 Å². The van der Waals surface area contributed by atoms with E-state index in [4.69, 9.17) is 4.74 Å². The summed E-state index contributed by atoms with van der Waals surface area (Å²) in [6.07, 6.45) is 5.30. The summed E-state index contributed by atoms with van der Waals surface area (Å²) in [5, 5.41) is 19.6. The molecule has 4 aromatic rings. The van der Waals surface area contributed by atoms with Crippen molar-refractivity contribution in [2.45, 2.75) is 68.5 Å². The normalized spacial score (nSPS) is 17.5. The van der Waals surface area contributed by atoms with E-state index in [9.17, 15) is 32.8 Å². The zero-order valence-electron chi connectivity index (χ0n) is 24.2. The van der Waals surface area contributed by atoms with Crippen LogP contribution in [-0.2, 0) is 19.7 Å². The maximum Gasteiger partial charge on any atom is 0.326 e. The van der Waals surface area contributed by atoms with Crippen molar-refractivity contribution in [2.24, 2.45) is 0 Å². The molecule has 5 rings (SSSR count). The highest BCUT2D eigenvalue weighted by Crippen LogP contribution is 2.33. The fourth-order valence-electron chi connectivity index (χ4n) is 5.79. The molecule has 3 N–H and O–H groups in total. The number of likely N-dealkylation sites (tertiary alicyclic amines) is 1. The summed E-state index contributed by atoms with van der Waals surface area (Å²) in [6.45, 7) is 2.19. The van der Waals surface area contributed by atoms with Crippen molar-refractivity contribution in [3.63, 3.8) is 0 Å². The van der Waals surface area contributed by atoms with Gasteiger partial charge in [0.2, 0.25) is 5.91 Å². The number of hydrogen-bond acceptors (Lipinski definition) is 7. The fourth-order valence-corrected chi connectivity index (χ4v) is 6.51. The maximum absolute atomic E-state index is 14.2. The van der Waals surface area contributed by atoms with Gasteiger partial charge in [0, 0.05) is 12.0 Å². The lowest BCUT2D eigenvalue weighted by Crippen LogP contribution is -2.44. The van der Waals surface area contributed by atoms with E-state index in [0.29, 0.717) is 34.3 Å². The Morgan fingerprint density at radius 3 is 2.50 bits per heavy atom. The number of carbonyl (C=O) groups is 2. The quantitative estimate of drug-likeness (QED) is 0.141. The number of amides is 1. The molecular weight excluding hydrogens is 586 g/mol. The lowest BCUT2D eigenvalue weighted by molar-refractivity contribution is -0.149. The van der Waals surface area contributed by atoms with Crippen LogP contribution in [0.2, 0.25) is 0 Å². The lowest BCUT2D eigenvalue weighted by atomic mass is 10.0. The molecule has 0 bridgehead atoms. The summed E-state index contributed by atoms with van der Waals surface area (Å²) in [6, 6.07) is 15.6. The first-order chi connectivity index (χ1) is 21.1. The number of ether oxygens (including phenoxy) is 1. The van der Waals surface area contributed by atoms with Crippen molar-refractivity contribution in [3.8, 4) is 22.6 Å². The number of hydrogen-bond donors (Lipinski definition) is 3. The van der Waals surface area contributed by atoms with Crippen LogP contribution in [0.25, 0.3) is 22.2 Å². The van der Waals surface area contributed by atoms with Crippen molar-refractivity contribution in [1.82, 2.24) is 14.5 Å². The fraction of sp³-hybridized carbons (Fsp3) is 0.344. The number of benzene rings is 3. The second-order valence-corrected chi connectivity index (χ2v) is 12.4. The minimum atomic E-state index is -4.46. The van der Waals surface area contributed by atoms with Gasteiger partial charge >= 0.3 is 5.97 Å². The number of aromatic nitrogens is 2. The molecule has 1 saturated heterocycles. The monoisotopic (exact) mass is 621 g/mol. The topological polar surface area (TPSA) is 159 Å². The van der Waals surface area contributed by atoms with E-state index in [1.807, 2.05) is 0 Å². The van der Waals surface area contributed by atoms with Crippen molar-refractivity contribution in [2.75, 3.05) is 6.54 Å². The van der Waals surface area contributed by atoms with Crippen LogP contribution in [0.3, 0.4) is 0 Å². The Hall–Kier alpha value is -4.42. The van der Waals surface area contributed by atoms with Gasteiger partial charge in [0.25, 0.3) is 10.1 Å². The Kier molecular flexibility index (Phi) is 9.21. The summed E-state index contributed by atoms with van der Waals surface area (Å²) >= 11 is 0. The summed E-state index contributed by atoms with van der Waals surface area (Å²) in [5.41, 5.74) is 2.00. The van der Waals surface area contributed by atoms with Crippen LogP contribution in [0, 0.1) is 0 Å². The standard InChI is InChI=1S/C32H35N3O8S/c1-2-3-4-5-9-28(31(37)34-19-24(18-29(34)32(38)39)43-23-14-12-22(36)13-15-23)35-20-33-26-17-21(11-16-27(26)35)25-8-6-7-10-30(25)44(40,41)42/h6-8,10-17,20,24,28-29,36H,2-5,9,18-19H2,1H3,(H,38,39)(H,40,41,42)/t24-,28?,29-/m0/s1. The molecule has 0 saturated carbocycles. The molecule has 1 amide bonds. The minimum Gasteiger partial charge on any atom is -0.508 e. The summed E-state index contributed by atoms with van der Waals surface area (Å²) in [5.74, 6) is -0.908. The predicted molar refractivity (Wildman–Crippen MR) is 163 cm³/mol. The molecule has 2 heterocycles. The SMILES string of the molecule is CCCCCCC(C(=O)N1C[C@@H](Oc2ccc(O)cc2)C[C@H]1C(=O)O)n1cnc2cc(-c3ccccc3S(=O)(=O)O)ccc21. The molecule has 12 heteroatoms. The molecule has 3 atom stereocenters. The molecule has 1 unspecified atom stereocenters. The first kappa shape index (κ1) is 31.0. The summed E-state index contributed by atoms with van der Waals surface area (Å²) in [4.78, 5) is 32.1. The smallest absolute Gasteiger partial charge is 0.326 e. The van der Waals surface area contributed by atoms with Crippen LogP contribution in [-0.4, -0.2) is 68.2 Å². The number of imidazole rings is 1. The van der Waals surface area contributed by atoms with Gasteiger partial charge in [0.05, 0.1) is 23.9 Å². The third-order valence-corrected chi connectivity index (χ3v) is 8.88. The molecule has 1 fully saturated rings. The lowest BCUT2D eigenvalue weighted by Gasteiger charge is -2.28. The van der Waals surface area contributed by atoms with Gasteiger partial charge in [-0.15, -0.1) is 0 Å². The Morgan fingerprint density at radius 2 is 1.80 bits per heavy atom. The number of carbonyl (C=O) groups excluding carboxylic acids is 1. The average Bonchev–Trinajstić information content (AvgIpc) is 3.62. The number of fused-ring (bicyclic) bond motifs is 1. The number of aliphatic carboxylic acids is 1. The van der Waals surface area contributed by atoms with E-state index in [1.54, 1.807) is 53.4 Å². The number of phenolic OH excluding ortho intramolecular Hbond substituents is 1. The van der Waals surface area contributed by atoms with Crippen LogP contribution in [0.5, 0.6) is 11.5 Å². The zero-order valence-corrected chi connectivity index (χ0v) is 25.1. The summed E-state index contributed by atoms with van der Waals surface area (Å²) in [7, 11) is -4.46. The van der Waals surface area contributed by atoms with Gasteiger partial charge in [0.1, 0.15) is 34.6 Å². The Balaban J connectivity index is 1.46. The van der Waals surface area contributed by atoms with Gasteiger partial charge in [-0.25, -0.2) is 9.78 Å². The third kappa shape index (κ3) is 6.71. The second kappa shape index (κ2) is 13.1. The van der Waals surface area contributed by atoms with Gasteiger partial charge in [-0.1, -0.05) is 56.9 Å². The van der Waals surface area contributed by atoms with Crippen molar-refractivity contribution in [3.05, 3.63) is 73.1 Å². The average molecular weight is 622 g/mol. The van der Waals surface area contributed by atoms with E-state index in [2.05, 4.69) is 11.9 Å². The highest BCUT2D eigenvalue weighted by Gasteiger charge is 2.43. The van der Waals surface area contributed by atoms with E-state index in [0.717, 1.165) is 25.7 Å². The van der Waals surface area contributed by atoms with Gasteiger partial charge < -0.3 is 24.4 Å². The predicted octanol–water partition coefficient (Wildman–Crippen LogP) is 5.30. The minimum absolute atomic E-state index is 0.0808. The highest BCUT2D eigenvalue weighted by molar-refractivity contribution is 7.86. The zero-order chi connectivity index (χ0) is 31.4. The number of rotatable bonds is 12. The molecular formula is C32H35N3O8S. The molecule has 3 aromatic carbocycles. The Bertz CT molecular complexity index is 1750. The molecule has 44 heavy (non-hydrogen) atoms. The first-order valence-corrected chi connectivity index (χ1v) is 16.0. The van der Waals surface area contributed by atoms with Gasteiger partial charge in [-0.2, -0.15) is 8.42 Å². The molecule has 232 valence electrons. The van der Waals surface area contributed by atoms with Crippen molar-refractivity contribution in [1.29, 1.82) is 0 Å². The van der Waals surface area contributed by atoms with Crippen LogP contribution in [0.1, 0.15) is 51.5 Å². The number of carboxylic acid groups (broad SMARTS) is 1. The van der Waals surface area contributed by atoms with Crippen LogP contribution < -0.4 is 4.74 Å². The molecule has 0 radical (unpaired) electrons. The molecule has 11 nitrogen and oxygen atoms in total. The number of carboxylic acids is 1. The first-order valence-electron chi connectivity index (χ1n) is 14.6. The van der Waals surface area contributed by atoms with Crippen molar-refractivity contribution < 1.29 is 37.5 Å². The molecule has 1 aliphatic rings. The van der Waals surface area contributed by atoms with Crippen LogP contribution in [0.15, 0.2) is 78.0 Å².